The summed E-state index contributed by atoms with van der Waals surface area (Å²) in [7, 11) is 1.89. The number of anilines is 1. The van der Waals surface area contributed by atoms with Gasteiger partial charge in [0.05, 0.1) is 0 Å². The van der Waals surface area contributed by atoms with Crippen molar-refractivity contribution in [2.24, 2.45) is 7.05 Å². The van der Waals surface area contributed by atoms with Gasteiger partial charge in [-0.25, -0.2) is 9.97 Å². The first-order valence-electron chi connectivity index (χ1n) is 4.95. The Bertz CT molecular complexity index is 479. The van der Waals surface area contributed by atoms with Gasteiger partial charge in [-0.15, -0.1) is 0 Å². The van der Waals surface area contributed by atoms with Crippen LogP contribution in [0, 0.1) is 6.33 Å². The van der Waals surface area contributed by atoms with Crippen LogP contribution in [0.25, 0.3) is 11.2 Å². The first-order valence-corrected chi connectivity index (χ1v) is 4.95. The molecule has 79 valence electrons. The lowest BCUT2D eigenvalue weighted by Gasteiger charge is -2.21. The highest BCUT2D eigenvalue weighted by atomic mass is 15.1. The Hall–Kier alpha value is -1.58. The van der Waals surface area contributed by atoms with Gasteiger partial charge in [-0.3, -0.25) is 0 Å². The molecule has 0 atom stereocenters. The molecule has 0 saturated carbocycles. The number of aryl methyl sites for hydroxylation is 1. The zero-order valence-corrected chi connectivity index (χ0v) is 9.50. The molecule has 2 rings (SSSR count). The Morgan fingerprint density at radius 3 is 2.73 bits per heavy atom. The van der Waals surface area contributed by atoms with Crippen LogP contribution in [-0.2, 0) is 7.05 Å². The summed E-state index contributed by atoms with van der Waals surface area (Å²) in [6, 6.07) is 3.89. The van der Waals surface area contributed by atoms with Crippen LogP contribution < -0.4 is 5.32 Å². The molecular formula is C11H15N4. The summed E-state index contributed by atoms with van der Waals surface area (Å²) in [5.41, 5.74) is 1.74. The highest BCUT2D eigenvalue weighted by Crippen LogP contribution is 2.16. The number of rotatable bonds is 1. The van der Waals surface area contributed by atoms with Gasteiger partial charge < -0.3 is 9.88 Å². The second-order valence-electron chi connectivity index (χ2n) is 4.69. The van der Waals surface area contributed by atoms with Crippen molar-refractivity contribution in [1.82, 2.24) is 14.5 Å². The number of fused-ring (bicyclic) bond motifs is 1. The number of nitrogens with one attached hydrogen (secondary N) is 1. The van der Waals surface area contributed by atoms with Gasteiger partial charge in [0.15, 0.2) is 12.0 Å². The minimum absolute atomic E-state index is 0.0168. The van der Waals surface area contributed by atoms with Crippen LogP contribution in [0.3, 0.4) is 0 Å². The number of hydrogen-bond acceptors (Lipinski definition) is 3. The van der Waals surface area contributed by atoms with E-state index in [4.69, 9.17) is 0 Å². The maximum atomic E-state index is 4.48. The highest BCUT2D eigenvalue weighted by molar-refractivity contribution is 5.72. The molecule has 15 heavy (non-hydrogen) atoms. The van der Waals surface area contributed by atoms with E-state index in [-0.39, 0.29) is 5.54 Å². The lowest BCUT2D eigenvalue weighted by molar-refractivity contribution is 0.630. The standard InChI is InChI=1S/C11H15N4/c1-11(2,3)14-9-6-5-8-10(13-9)15(4)7-12-8/h5-6H,1-4H3,(H,13,14). The Balaban J connectivity index is 2.42. The van der Waals surface area contributed by atoms with Crippen LogP contribution >= 0.6 is 0 Å². The molecule has 0 aliphatic heterocycles. The van der Waals surface area contributed by atoms with Crippen LogP contribution in [0.15, 0.2) is 12.1 Å². The number of hydrogen-bond donors (Lipinski definition) is 1. The number of aromatic nitrogens is 3. The molecule has 1 N–H and O–H groups in total. The molecule has 0 unspecified atom stereocenters. The highest BCUT2D eigenvalue weighted by Gasteiger charge is 2.11. The van der Waals surface area contributed by atoms with E-state index < -0.39 is 0 Å². The van der Waals surface area contributed by atoms with Crippen molar-refractivity contribution >= 4 is 17.0 Å². The zero-order chi connectivity index (χ0) is 11.1. The molecule has 0 aliphatic rings. The summed E-state index contributed by atoms with van der Waals surface area (Å²) in [5.74, 6) is 0.868. The predicted molar refractivity (Wildman–Crippen MR) is 60.7 cm³/mol. The van der Waals surface area contributed by atoms with Crippen molar-refractivity contribution in [2.45, 2.75) is 26.3 Å². The van der Waals surface area contributed by atoms with Gasteiger partial charge in [-0.1, -0.05) is 0 Å². The van der Waals surface area contributed by atoms with E-state index in [1.54, 1.807) is 4.57 Å². The topological polar surface area (TPSA) is 42.7 Å². The molecule has 4 nitrogen and oxygen atoms in total. The maximum absolute atomic E-state index is 4.48. The molecule has 0 amide bonds. The Morgan fingerprint density at radius 2 is 2.07 bits per heavy atom. The molecule has 2 heterocycles. The molecule has 0 bridgehead atoms. The Labute approximate surface area is 89.3 Å². The van der Waals surface area contributed by atoms with Crippen LogP contribution in [0.1, 0.15) is 20.8 Å². The van der Waals surface area contributed by atoms with E-state index in [9.17, 15) is 0 Å². The van der Waals surface area contributed by atoms with Crippen molar-refractivity contribution in [3.8, 4) is 0 Å². The molecular weight excluding hydrogens is 188 g/mol. The molecule has 2 aromatic rings. The summed E-state index contributed by atoms with van der Waals surface area (Å²) >= 11 is 0. The summed E-state index contributed by atoms with van der Waals surface area (Å²) in [6.07, 6.45) is 2.84. The van der Waals surface area contributed by atoms with Crippen molar-refractivity contribution in [3.63, 3.8) is 0 Å². The largest absolute Gasteiger partial charge is 0.365 e. The summed E-state index contributed by atoms with van der Waals surface area (Å²) < 4.78 is 1.79. The van der Waals surface area contributed by atoms with E-state index in [0.717, 1.165) is 17.0 Å². The minimum atomic E-state index is 0.0168. The SMILES string of the molecule is Cn1[c]nc2ccc(NC(C)(C)C)nc21. The molecule has 0 aliphatic carbocycles. The fraction of sp³-hybridized carbons (Fsp3) is 0.455. The van der Waals surface area contributed by atoms with Crippen molar-refractivity contribution in [1.29, 1.82) is 0 Å². The quantitative estimate of drug-likeness (QED) is 0.770. The smallest absolute Gasteiger partial charge is 0.178 e. The first-order chi connectivity index (χ1) is 6.96. The summed E-state index contributed by atoms with van der Waals surface area (Å²) in [6.45, 7) is 6.32. The molecule has 2 aromatic heterocycles. The number of pyridine rings is 1. The van der Waals surface area contributed by atoms with Gasteiger partial charge >= 0.3 is 0 Å². The average Bonchev–Trinajstić information content (AvgIpc) is 2.45. The lowest BCUT2D eigenvalue weighted by Crippen LogP contribution is -2.26. The zero-order valence-electron chi connectivity index (χ0n) is 9.50. The maximum Gasteiger partial charge on any atom is 0.178 e. The van der Waals surface area contributed by atoms with Crippen LogP contribution in [0.2, 0.25) is 0 Å². The fourth-order valence-corrected chi connectivity index (χ4v) is 1.41. The number of imidazole rings is 1. The molecule has 0 spiro atoms. The second kappa shape index (κ2) is 3.22. The van der Waals surface area contributed by atoms with Gasteiger partial charge in [0.25, 0.3) is 0 Å². The molecule has 1 radical (unpaired) electrons. The summed E-state index contributed by atoms with van der Waals surface area (Å²) in [4.78, 5) is 8.58. The van der Waals surface area contributed by atoms with E-state index in [1.807, 2.05) is 19.2 Å². The normalized spacial score (nSPS) is 12.0. The molecule has 0 saturated heterocycles. The second-order valence-corrected chi connectivity index (χ2v) is 4.69. The van der Waals surface area contributed by atoms with Crippen LogP contribution in [0.5, 0.6) is 0 Å². The summed E-state index contributed by atoms with van der Waals surface area (Å²) in [5, 5.41) is 3.32. The third-order valence-electron chi connectivity index (χ3n) is 2.00. The average molecular weight is 203 g/mol. The third-order valence-corrected chi connectivity index (χ3v) is 2.00. The van der Waals surface area contributed by atoms with E-state index in [0.29, 0.717) is 0 Å². The Kier molecular flexibility index (Phi) is 2.14. The molecule has 4 heteroatoms. The Morgan fingerprint density at radius 1 is 1.33 bits per heavy atom. The molecule has 0 fully saturated rings. The van der Waals surface area contributed by atoms with E-state index in [2.05, 4.69) is 42.4 Å². The van der Waals surface area contributed by atoms with Gasteiger partial charge in [-0.05, 0) is 32.9 Å². The fourth-order valence-electron chi connectivity index (χ4n) is 1.41. The monoisotopic (exact) mass is 203 g/mol. The van der Waals surface area contributed by atoms with E-state index in [1.165, 1.54) is 0 Å². The first kappa shape index (κ1) is 9.96. The van der Waals surface area contributed by atoms with Crippen molar-refractivity contribution in [3.05, 3.63) is 18.5 Å². The molecule has 0 aromatic carbocycles. The number of nitrogens with zero attached hydrogens (tertiary/aromatic N) is 3. The van der Waals surface area contributed by atoms with Gasteiger partial charge in [0, 0.05) is 12.6 Å². The van der Waals surface area contributed by atoms with Crippen LogP contribution in [0.4, 0.5) is 5.82 Å². The third kappa shape index (κ3) is 2.09. The van der Waals surface area contributed by atoms with Crippen LogP contribution in [-0.4, -0.2) is 20.1 Å². The van der Waals surface area contributed by atoms with Crippen molar-refractivity contribution in [2.75, 3.05) is 5.32 Å². The van der Waals surface area contributed by atoms with Gasteiger partial charge in [-0.2, -0.15) is 0 Å². The van der Waals surface area contributed by atoms with Crippen molar-refractivity contribution < 1.29 is 0 Å². The lowest BCUT2D eigenvalue weighted by atomic mass is 10.1. The van der Waals surface area contributed by atoms with Gasteiger partial charge in [0.2, 0.25) is 0 Å². The minimum Gasteiger partial charge on any atom is -0.365 e. The predicted octanol–water partition coefficient (Wildman–Crippen LogP) is 1.98. The van der Waals surface area contributed by atoms with Gasteiger partial charge in [0.1, 0.15) is 11.3 Å². The van der Waals surface area contributed by atoms with E-state index >= 15 is 0 Å².